The van der Waals surface area contributed by atoms with Crippen molar-refractivity contribution in [1.82, 2.24) is 10.2 Å². The van der Waals surface area contributed by atoms with Crippen LogP contribution < -0.4 is 10.6 Å². The number of carboxylic acids is 1. The minimum Gasteiger partial charge on any atom is -0.480 e. The number of thiophene rings is 1. The molecule has 7 heteroatoms. The monoisotopic (exact) mass is 361 g/mol. The molecule has 0 bridgehead atoms. The molecule has 134 valence electrons. The van der Waals surface area contributed by atoms with Crippen molar-refractivity contribution in [3.8, 4) is 0 Å². The lowest BCUT2D eigenvalue weighted by molar-refractivity contribution is -0.134. The van der Waals surface area contributed by atoms with Gasteiger partial charge in [0.1, 0.15) is 6.54 Å². The van der Waals surface area contributed by atoms with Crippen molar-refractivity contribution in [2.24, 2.45) is 0 Å². The lowest BCUT2D eigenvalue weighted by Gasteiger charge is -2.24. The van der Waals surface area contributed by atoms with E-state index in [0.29, 0.717) is 17.8 Å². The summed E-state index contributed by atoms with van der Waals surface area (Å²) in [5.41, 5.74) is 2.32. The Morgan fingerprint density at radius 1 is 1.28 bits per heavy atom. The molecule has 0 saturated heterocycles. The zero-order valence-electron chi connectivity index (χ0n) is 14.6. The third kappa shape index (κ3) is 5.30. The van der Waals surface area contributed by atoms with E-state index in [9.17, 15) is 9.59 Å². The number of rotatable bonds is 8. The Morgan fingerprint density at radius 3 is 2.64 bits per heavy atom. The Bertz CT molecular complexity index is 743. The Labute approximate surface area is 151 Å². The minimum atomic E-state index is -0.949. The quantitative estimate of drug-likeness (QED) is 0.673. The van der Waals surface area contributed by atoms with Crippen LogP contribution in [-0.2, 0) is 4.79 Å². The molecule has 1 heterocycles. The van der Waals surface area contributed by atoms with Crippen LogP contribution in [0.1, 0.15) is 26.8 Å². The molecule has 0 aliphatic rings. The molecule has 2 rings (SSSR count). The lowest BCUT2D eigenvalue weighted by Crippen LogP contribution is -2.34. The van der Waals surface area contributed by atoms with Gasteiger partial charge in [-0.1, -0.05) is 6.07 Å². The summed E-state index contributed by atoms with van der Waals surface area (Å²) in [5, 5.41) is 16.5. The predicted molar refractivity (Wildman–Crippen MR) is 100 cm³/mol. The third-order valence-electron chi connectivity index (χ3n) is 3.85. The number of anilines is 1. The number of aryl methyl sites for hydroxylation is 1. The van der Waals surface area contributed by atoms with Gasteiger partial charge in [-0.15, -0.1) is 11.3 Å². The van der Waals surface area contributed by atoms with E-state index < -0.39 is 5.97 Å². The van der Waals surface area contributed by atoms with Gasteiger partial charge in [-0.25, -0.2) is 0 Å². The fourth-order valence-electron chi connectivity index (χ4n) is 2.48. The Kier molecular flexibility index (Phi) is 6.55. The number of likely N-dealkylation sites (N-methyl/N-ethyl adjacent to an activating group) is 1. The number of carbonyl (C=O) groups excluding carboxylic acids is 1. The smallest absolute Gasteiger partial charge is 0.322 e. The maximum Gasteiger partial charge on any atom is 0.322 e. The number of carboxylic acid groups (broad SMARTS) is 1. The second-order valence-electron chi connectivity index (χ2n) is 5.99. The molecular formula is C18H23N3O3S. The van der Waals surface area contributed by atoms with Gasteiger partial charge in [-0.2, -0.15) is 0 Å². The molecule has 0 spiro atoms. The third-order valence-corrected chi connectivity index (χ3v) is 4.97. The minimum absolute atomic E-state index is 0.109. The molecule has 0 saturated carbocycles. The van der Waals surface area contributed by atoms with Crippen LogP contribution in [0, 0.1) is 6.92 Å². The summed E-state index contributed by atoms with van der Waals surface area (Å²) in [7, 11) is 3.98. The highest BCUT2D eigenvalue weighted by molar-refractivity contribution is 7.10. The standard InChI is InChI=1S/C18H23N3O3S/c1-12-7-8-25-17(12)15(21(2)3)10-20-18(24)13-5-4-6-14(9-13)19-11-16(22)23/h4-9,15,19H,10-11H2,1-3H3,(H,20,24)(H,22,23)/t15-/m0/s1. The van der Waals surface area contributed by atoms with E-state index in [4.69, 9.17) is 5.11 Å². The number of nitrogens with zero attached hydrogens (tertiary/aromatic N) is 1. The Morgan fingerprint density at radius 2 is 2.04 bits per heavy atom. The highest BCUT2D eigenvalue weighted by Crippen LogP contribution is 2.26. The summed E-state index contributed by atoms with van der Waals surface area (Å²) < 4.78 is 0. The van der Waals surface area contributed by atoms with Crippen LogP contribution in [0.2, 0.25) is 0 Å². The molecular weight excluding hydrogens is 338 g/mol. The first kappa shape index (κ1) is 19.0. The van der Waals surface area contributed by atoms with Crippen molar-refractivity contribution in [2.75, 3.05) is 32.5 Å². The average Bonchev–Trinajstić information content (AvgIpc) is 2.99. The van der Waals surface area contributed by atoms with Crippen LogP contribution in [-0.4, -0.2) is 49.1 Å². The first-order chi connectivity index (χ1) is 11.9. The topological polar surface area (TPSA) is 81.7 Å². The van der Waals surface area contributed by atoms with Gasteiger partial charge in [0, 0.05) is 22.7 Å². The van der Waals surface area contributed by atoms with Crippen LogP contribution in [0.15, 0.2) is 35.7 Å². The summed E-state index contributed by atoms with van der Waals surface area (Å²) in [5.74, 6) is -1.13. The van der Waals surface area contributed by atoms with Crippen molar-refractivity contribution >= 4 is 28.9 Å². The van der Waals surface area contributed by atoms with Crippen molar-refractivity contribution < 1.29 is 14.7 Å². The number of hydrogen-bond acceptors (Lipinski definition) is 5. The maximum absolute atomic E-state index is 12.4. The van der Waals surface area contributed by atoms with Crippen molar-refractivity contribution in [3.63, 3.8) is 0 Å². The summed E-state index contributed by atoms with van der Waals surface area (Å²) in [6.07, 6.45) is 0. The SMILES string of the molecule is Cc1ccsc1[C@H](CNC(=O)c1cccc(NCC(=O)O)c1)N(C)C. The molecule has 3 N–H and O–H groups in total. The maximum atomic E-state index is 12.4. The highest BCUT2D eigenvalue weighted by Gasteiger charge is 2.19. The highest BCUT2D eigenvalue weighted by atomic mass is 32.1. The van der Waals surface area contributed by atoms with Crippen LogP contribution in [0.25, 0.3) is 0 Å². The van der Waals surface area contributed by atoms with Gasteiger partial charge < -0.3 is 20.6 Å². The lowest BCUT2D eigenvalue weighted by atomic mass is 10.1. The second-order valence-corrected chi connectivity index (χ2v) is 6.93. The number of benzene rings is 1. The first-order valence-electron chi connectivity index (χ1n) is 7.93. The van der Waals surface area contributed by atoms with Crippen LogP contribution in [0.4, 0.5) is 5.69 Å². The molecule has 0 unspecified atom stereocenters. The van der Waals surface area contributed by atoms with E-state index in [1.165, 1.54) is 10.4 Å². The summed E-state index contributed by atoms with van der Waals surface area (Å²) >= 11 is 1.69. The molecule has 1 aromatic heterocycles. The van der Waals surface area contributed by atoms with Crippen molar-refractivity contribution in [2.45, 2.75) is 13.0 Å². The van der Waals surface area contributed by atoms with Crippen LogP contribution in [0.5, 0.6) is 0 Å². The van der Waals surface area contributed by atoms with Crippen molar-refractivity contribution in [3.05, 3.63) is 51.7 Å². The van der Waals surface area contributed by atoms with Gasteiger partial charge in [0.25, 0.3) is 5.91 Å². The number of carbonyl (C=O) groups is 2. The molecule has 0 radical (unpaired) electrons. The predicted octanol–water partition coefficient (Wildman–Crippen LogP) is 2.59. The fraction of sp³-hybridized carbons (Fsp3) is 0.333. The van der Waals surface area contributed by atoms with E-state index in [0.717, 1.165) is 0 Å². The van der Waals surface area contributed by atoms with Crippen LogP contribution >= 0.6 is 11.3 Å². The number of nitrogens with one attached hydrogen (secondary N) is 2. The molecule has 25 heavy (non-hydrogen) atoms. The van der Waals surface area contributed by atoms with Gasteiger partial charge in [-0.05, 0) is 56.2 Å². The summed E-state index contributed by atoms with van der Waals surface area (Å²) in [6.45, 7) is 2.38. The zero-order valence-corrected chi connectivity index (χ0v) is 15.4. The number of amides is 1. The molecule has 2 aromatic rings. The normalized spacial score (nSPS) is 12.0. The van der Waals surface area contributed by atoms with E-state index in [1.54, 1.807) is 35.6 Å². The molecule has 6 nitrogen and oxygen atoms in total. The Hall–Kier alpha value is -2.38. The molecule has 1 aromatic carbocycles. The van der Waals surface area contributed by atoms with Gasteiger partial charge >= 0.3 is 5.97 Å². The second kappa shape index (κ2) is 8.64. The molecule has 0 aliphatic carbocycles. The van der Waals surface area contributed by atoms with Gasteiger partial charge in [0.05, 0.1) is 6.04 Å². The van der Waals surface area contributed by atoms with Gasteiger partial charge in [0.15, 0.2) is 0 Å². The van der Waals surface area contributed by atoms with E-state index in [1.807, 2.05) is 14.1 Å². The van der Waals surface area contributed by atoms with Crippen LogP contribution in [0.3, 0.4) is 0 Å². The first-order valence-corrected chi connectivity index (χ1v) is 8.80. The van der Waals surface area contributed by atoms with Crippen molar-refractivity contribution in [1.29, 1.82) is 0 Å². The fourth-order valence-corrected chi connectivity index (χ4v) is 3.60. The van der Waals surface area contributed by atoms with E-state index >= 15 is 0 Å². The Balaban J connectivity index is 2.02. The summed E-state index contributed by atoms with van der Waals surface area (Å²) in [6, 6.07) is 9.01. The van der Waals surface area contributed by atoms with Gasteiger partial charge in [-0.3, -0.25) is 9.59 Å². The number of aliphatic carboxylic acids is 1. The van der Waals surface area contributed by atoms with E-state index in [-0.39, 0.29) is 18.5 Å². The van der Waals surface area contributed by atoms with E-state index in [2.05, 4.69) is 33.9 Å². The van der Waals surface area contributed by atoms with Gasteiger partial charge in [0.2, 0.25) is 0 Å². The molecule has 1 atom stereocenters. The molecule has 1 amide bonds. The largest absolute Gasteiger partial charge is 0.480 e. The molecule has 0 aliphatic heterocycles. The average molecular weight is 361 g/mol. The molecule has 0 fully saturated rings. The zero-order chi connectivity index (χ0) is 18.4. The summed E-state index contributed by atoms with van der Waals surface area (Å²) in [4.78, 5) is 26.4. The number of hydrogen-bond donors (Lipinski definition) is 3.